The van der Waals surface area contributed by atoms with Crippen molar-refractivity contribution in [2.75, 3.05) is 18.5 Å². The second-order valence-corrected chi connectivity index (χ2v) is 4.01. The number of aromatic nitrogens is 2. The predicted octanol–water partition coefficient (Wildman–Crippen LogP) is 1.84. The molecule has 0 aromatic carbocycles. The molecule has 1 unspecified atom stereocenters. The molecule has 0 fully saturated rings. The fourth-order valence-corrected chi connectivity index (χ4v) is 1.34. The van der Waals surface area contributed by atoms with Crippen LogP contribution in [-0.4, -0.2) is 34.3 Å². The summed E-state index contributed by atoms with van der Waals surface area (Å²) in [5.74, 6) is 1.36. The molecule has 2 N–H and O–H groups in total. The van der Waals surface area contributed by atoms with Crippen molar-refractivity contribution in [1.29, 1.82) is 0 Å². The van der Waals surface area contributed by atoms with Gasteiger partial charge in [-0.2, -0.15) is 0 Å². The summed E-state index contributed by atoms with van der Waals surface area (Å²) in [4.78, 5) is 8.12. The van der Waals surface area contributed by atoms with Crippen LogP contribution in [0.4, 0.5) is 5.82 Å². The third-order valence-electron chi connectivity index (χ3n) is 2.20. The second kappa shape index (κ2) is 7.84. The smallest absolute Gasteiger partial charge is 0.218 e. The van der Waals surface area contributed by atoms with Gasteiger partial charge in [-0.15, -0.1) is 0 Å². The number of hydrogen-bond donors (Lipinski definition) is 2. The second-order valence-electron chi connectivity index (χ2n) is 4.01. The van der Waals surface area contributed by atoms with Gasteiger partial charge in [0.05, 0.1) is 12.7 Å². The van der Waals surface area contributed by atoms with Crippen LogP contribution in [0, 0.1) is 0 Å². The van der Waals surface area contributed by atoms with Gasteiger partial charge in [-0.05, 0) is 26.2 Å². The van der Waals surface area contributed by atoms with Crippen molar-refractivity contribution >= 4 is 5.82 Å². The van der Waals surface area contributed by atoms with E-state index in [2.05, 4.69) is 22.2 Å². The molecule has 0 spiro atoms. The molecule has 17 heavy (non-hydrogen) atoms. The molecule has 0 aliphatic rings. The molecule has 0 saturated heterocycles. The van der Waals surface area contributed by atoms with E-state index in [1.165, 1.54) is 6.33 Å². The fraction of sp³-hybridized carbons (Fsp3) is 0.667. The van der Waals surface area contributed by atoms with E-state index in [4.69, 9.17) is 9.84 Å². The van der Waals surface area contributed by atoms with Crippen LogP contribution < -0.4 is 10.1 Å². The number of rotatable bonds is 8. The number of aliphatic hydroxyl groups excluding tert-OH is 1. The van der Waals surface area contributed by atoms with Gasteiger partial charge in [0.1, 0.15) is 12.1 Å². The highest BCUT2D eigenvalue weighted by Crippen LogP contribution is 2.11. The van der Waals surface area contributed by atoms with Crippen LogP contribution in [0.5, 0.6) is 5.88 Å². The van der Waals surface area contributed by atoms with Crippen LogP contribution in [0.1, 0.15) is 33.1 Å². The zero-order valence-corrected chi connectivity index (χ0v) is 10.5. The van der Waals surface area contributed by atoms with Crippen LogP contribution in [0.25, 0.3) is 0 Å². The van der Waals surface area contributed by atoms with Crippen molar-refractivity contribution < 1.29 is 9.84 Å². The molecule has 1 rings (SSSR count). The van der Waals surface area contributed by atoms with Gasteiger partial charge in [-0.1, -0.05) is 6.92 Å². The Kier molecular flexibility index (Phi) is 6.32. The molecule has 1 heterocycles. The zero-order valence-electron chi connectivity index (χ0n) is 10.5. The van der Waals surface area contributed by atoms with Gasteiger partial charge in [0.25, 0.3) is 0 Å². The number of aliphatic hydroxyl groups is 1. The van der Waals surface area contributed by atoms with Gasteiger partial charge in [0.2, 0.25) is 5.88 Å². The van der Waals surface area contributed by atoms with E-state index in [1.54, 1.807) is 13.0 Å². The number of anilines is 1. The summed E-state index contributed by atoms with van der Waals surface area (Å²) < 4.78 is 5.41. The van der Waals surface area contributed by atoms with E-state index in [9.17, 15) is 0 Å². The summed E-state index contributed by atoms with van der Waals surface area (Å²) in [7, 11) is 0. The Balaban J connectivity index is 2.32. The van der Waals surface area contributed by atoms with Gasteiger partial charge >= 0.3 is 0 Å². The SMILES string of the molecule is CCCOc1cc(NCCCC(C)O)ncn1. The minimum Gasteiger partial charge on any atom is -0.478 e. The lowest BCUT2D eigenvalue weighted by Crippen LogP contribution is -2.08. The first-order valence-electron chi connectivity index (χ1n) is 6.09. The molecule has 1 aromatic rings. The van der Waals surface area contributed by atoms with Gasteiger partial charge in [-0.25, -0.2) is 9.97 Å². The quantitative estimate of drug-likeness (QED) is 0.677. The van der Waals surface area contributed by atoms with Crippen molar-refractivity contribution in [3.05, 3.63) is 12.4 Å². The van der Waals surface area contributed by atoms with Crippen LogP contribution in [-0.2, 0) is 0 Å². The van der Waals surface area contributed by atoms with Gasteiger partial charge in [0.15, 0.2) is 0 Å². The summed E-state index contributed by atoms with van der Waals surface area (Å²) in [5, 5.41) is 12.3. The maximum absolute atomic E-state index is 9.12. The Morgan fingerprint density at radius 1 is 1.47 bits per heavy atom. The van der Waals surface area contributed by atoms with Crippen LogP contribution in [0.2, 0.25) is 0 Å². The highest BCUT2D eigenvalue weighted by molar-refractivity contribution is 5.36. The minimum absolute atomic E-state index is 0.245. The number of hydrogen-bond acceptors (Lipinski definition) is 5. The summed E-state index contributed by atoms with van der Waals surface area (Å²) in [5.41, 5.74) is 0. The van der Waals surface area contributed by atoms with Crippen molar-refractivity contribution in [1.82, 2.24) is 9.97 Å². The Bertz CT molecular complexity index is 318. The average Bonchev–Trinajstić information content (AvgIpc) is 2.32. The number of ether oxygens (including phenoxy) is 1. The lowest BCUT2D eigenvalue weighted by molar-refractivity contribution is 0.183. The first-order valence-corrected chi connectivity index (χ1v) is 6.09. The lowest BCUT2D eigenvalue weighted by atomic mass is 10.2. The van der Waals surface area contributed by atoms with E-state index in [0.717, 1.165) is 31.6 Å². The predicted molar refractivity (Wildman–Crippen MR) is 67.2 cm³/mol. The third-order valence-corrected chi connectivity index (χ3v) is 2.20. The molecular formula is C12H21N3O2. The Hall–Kier alpha value is -1.36. The van der Waals surface area contributed by atoms with E-state index in [0.29, 0.717) is 12.5 Å². The minimum atomic E-state index is -0.245. The Labute approximate surface area is 102 Å². The number of nitrogens with zero attached hydrogens (tertiary/aromatic N) is 2. The summed E-state index contributed by atoms with van der Waals surface area (Å²) in [6, 6.07) is 1.79. The maximum atomic E-state index is 9.12. The average molecular weight is 239 g/mol. The topological polar surface area (TPSA) is 67.3 Å². The molecule has 0 amide bonds. The van der Waals surface area contributed by atoms with Crippen LogP contribution in [0.3, 0.4) is 0 Å². The first-order chi connectivity index (χ1) is 8.22. The standard InChI is InChI=1S/C12H21N3O2/c1-3-7-17-12-8-11(14-9-15-12)13-6-4-5-10(2)16/h8-10,16H,3-7H2,1-2H3,(H,13,14,15). The normalized spacial score (nSPS) is 12.2. The summed E-state index contributed by atoms with van der Waals surface area (Å²) in [6.07, 6.45) is 3.90. The van der Waals surface area contributed by atoms with Crippen molar-refractivity contribution in [2.45, 2.75) is 39.2 Å². The highest BCUT2D eigenvalue weighted by Gasteiger charge is 2.00. The molecule has 96 valence electrons. The van der Waals surface area contributed by atoms with Gasteiger partial charge in [0, 0.05) is 12.6 Å². The van der Waals surface area contributed by atoms with E-state index >= 15 is 0 Å². The van der Waals surface area contributed by atoms with E-state index in [-0.39, 0.29) is 6.10 Å². The summed E-state index contributed by atoms with van der Waals surface area (Å²) in [6.45, 7) is 5.30. The van der Waals surface area contributed by atoms with Crippen LogP contribution in [0.15, 0.2) is 12.4 Å². The highest BCUT2D eigenvalue weighted by atomic mass is 16.5. The molecule has 5 nitrogen and oxygen atoms in total. The molecule has 0 radical (unpaired) electrons. The molecule has 1 atom stereocenters. The largest absolute Gasteiger partial charge is 0.478 e. The lowest BCUT2D eigenvalue weighted by Gasteiger charge is -2.08. The van der Waals surface area contributed by atoms with E-state index < -0.39 is 0 Å². The van der Waals surface area contributed by atoms with Crippen molar-refractivity contribution in [3.8, 4) is 5.88 Å². The third kappa shape index (κ3) is 6.06. The molecule has 0 aliphatic heterocycles. The van der Waals surface area contributed by atoms with Crippen molar-refractivity contribution in [2.24, 2.45) is 0 Å². The number of nitrogens with one attached hydrogen (secondary N) is 1. The molecular weight excluding hydrogens is 218 g/mol. The zero-order chi connectivity index (χ0) is 12.5. The first kappa shape index (κ1) is 13.7. The molecule has 1 aromatic heterocycles. The molecule has 0 bridgehead atoms. The molecule has 0 aliphatic carbocycles. The molecule has 5 heteroatoms. The maximum Gasteiger partial charge on any atom is 0.218 e. The Morgan fingerprint density at radius 3 is 3.00 bits per heavy atom. The van der Waals surface area contributed by atoms with Crippen molar-refractivity contribution in [3.63, 3.8) is 0 Å². The van der Waals surface area contributed by atoms with E-state index in [1.807, 2.05) is 0 Å². The monoisotopic (exact) mass is 239 g/mol. The summed E-state index contributed by atoms with van der Waals surface area (Å²) >= 11 is 0. The van der Waals surface area contributed by atoms with Crippen LogP contribution >= 0.6 is 0 Å². The van der Waals surface area contributed by atoms with Gasteiger partial charge in [-0.3, -0.25) is 0 Å². The van der Waals surface area contributed by atoms with Gasteiger partial charge < -0.3 is 15.2 Å². The fourth-order valence-electron chi connectivity index (χ4n) is 1.34. The molecule has 0 saturated carbocycles. The Morgan fingerprint density at radius 2 is 2.29 bits per heavy atom.